The van der Waals surface area contributed by atoms with Gasteiger partial charge in [0.2, 0.25) is 17.5 Å². The van der Waals surface area contributed by atoms with Crippen molar-refractivity contribution < 1.29 is 24.1 Å². The van der Waals surface area contributed by atoms with Gasteiger partial charge in [0.05, 0.1) is 20.3 Å². The molecule has 1 amide bonds. The van der Waals surface area contributed by atoms with Crippen LogP contribution in [0.1, 0.15) is 38.3 Å². The van der Waals surface area contributed by atoms with Crippen molar-refractivity contribution in [2.75, 3.05) is 33.4 Å². The quantitative estimate of drug-likeness (QED) is 0.565. The van der Waals surface area contributed by atoms with Gasteiger partial charge in [-0.3, -0.25) is 4.79 Å². The first-order valence-corrected chi connectivity index (χ1v) is 11.5. The van der Waals surface area contributed by atoms with Gasteiger partial charge in [0.1, 0.15) is 0 Å². The Bertz CT molecular complexity index is 934. The fourth-order valence-corrected chi connectivity index (χ4v) is 3.86. The summed E-state index contributed by atoms with van der Waals surface area (Å²) in [4.78, 5) is 19.4. The summed E-state index contributed by atoms with van der Waals surface area (Å²) in [6, 6.07) is 7.33. The Hall–Kier alpha value is -3.00. The smallest absolute Gasteiger partial charge is 0.226 e. The maximum atomic E-state index is 13.3. The van der Waals surface area contributed by atoms with Crippen LogP contribution in [0.4, 0.5) is 0 Å². The van der Waals surface area contributed by atoms with E-state index in [9.17, 15) is 9.90 Å². The number of aromatic hydroxyl groups is 1. The number of rotatable bonds is 10. The summed E-state index contributed by atoms with van der Waals surface area (Å²) in [6.07, 6.45) is 2.45. The summed E-state index contributed by atoms with van der Waals surface area (Å²) in [7, 11) is 1.60. The van der Waals surface area contributed by atoms with Crippen molar-refractivity contribution in [3.63, 3.8) is 0 Å². The normalized spacial score (nSPS) is 14.0. The highest BCUT2D eigenvalue weighted by atomic mass is 16.5. The minimum absolute atomic E-state index is 0.0430. The van der Waals surface area contributed by atoms with Gasteiger partial charge in [0, 0.05) is 50.3 Å². The minimum Gasteiger partial charge on any atom is -0.504 e. The number of carbonyl (C=O) groups is 1. The summed E-state index contributed by atoms with van der Waals surface area (Å²) in [6.45, 7) is 9.24. The predicted octanol–water partition coefficient (Wildman–Crippen LogP) is 3.37. The second kappa shape index (κ2) is 11.7. The molecule has 3 rings (SSSR count). The molecule has 0 spiro atoms. The van der Waals surface area contributed by atoms with Gasteiger partial charge in [-0.2, -0.15) is 0 Å². The van der Waals surface area contributed by atoms with Crippen LogP contribution in [0.15, 0.2) is 30.5 Å². The van der Waals surface area contributed by atoms with Crippen LogP contribution in [0.3, 0.4) is 0 Å². The summed E-state index contributed by atoms with van der Waals surface area (Å²) in [5, 5.41) is 13.8. The molecule has 0 fully saturated rings. The highest BCUT2D eigenvalue weighted by Gasteiger charge is 2.23. The molecular weight excluding hydrogens is 422 g/mol. The number of ether oxygens (including phenoxy) is 3. The van der Waals surface area contributed by atoms with E-state index in [1.807, 2.05) is 30.0 Å². The summed E-state index contributed by atoms with van der Waals surface area (Å²) in [5.41, 5.74) is 1.76. The fraction of sp³-hybridized carbons (Fsp3) is 0.520. The Morgan fingerprint density at radius 2 is 2.06 bits per heavy atom. The second-order valence-electron chi connectivity index (χ2n) is 8.81. The van der Waals surface area contributed by atoms with E-state index >= 15 is 0 Å². The monoisotopic (exact) mass is 457 g/mol. The number of pyridine rings is 1. The van der Waals surface area contributed by atoms with Crippen LogP contribution >= 0.6 is 0 Å². The largest absolute Gasteiger partial charge is 0.504 e. The molecule has 2 heterocycles. The van der Waals surface area contributed by atoms with Gasteiger partial charge < -0.3 is 29.5 Å². The number of nitrogens with one attached hydrogen (secondary N) is 1. The SMILES string of the molecule is COc1ncccc1CNCC(C)C(=O)N(Cc1cc(O)c2c(c1)OCCCO2)CC(C)C. The van der Waals surface area contributed by atoms with E-state index in [2.05, 4.69) is 24.1 Å². The lowest BCUT2D eigenvalue weighted by atomic mass is 10.1. The van der Waals surface area contributed by atoms with Crippen molar-refractivity contribution in [2.24, 2.45) is 11.8 Å². The number of phenols is 1. The van der Waals surface area contributed by atoms with Crippen LogP contribution in [0, 0.1) is 11.8 Å². The van der Waals surface area contributed by atoms with Crippen molar-refractivity contribution in [1.82, 2.24) is 15.2 Å². The van der Waals surface area contributed by atoms with E-state index in [4.69, 9.17) is 14.2 Å². The van der Waals surface area contributed by atoms with Crippen molar-refractivity contribution in [2.45, 2.75) is 40.3 Å². The Morgan fingerprint density at radius 1 is 1.27 bits per heavy atom. The maximum absolute atomic E-state index is 13.3. The molecule has 0 radical (unpaired) electrons. The number of hydrogen-bond donors (Lipinski definition) is 2. The average molecular weight is 458 g/mol. The Morgan fingerprint density at radius 3 is 2.82 bits per heavy atom. The van der Waals surface area contributed by atoms with Gasteiger partial charge >= 0.3 is 0 Å². The molecule has 8 nitrogen and oxygen atoms in total. The van der Waals surface area contributed by atoms with E-state index in [1.165, 1.54) is 0 Å². The van der Waals surface area contributed by atoms with Crippen molar-refractivity contribution in [3.8, 4) is 23.1 Å². The molecule has 2 N–H and O–H groups in total. The van der Waals surface area contributed by atoms with Gasteiger partial charge in [-0.05, 0) is 29.7 Å². The molecule has 0 saturated carbocycles. The van der Waals surface area contributed by atoms with Crippen LogP contribution in [-0.4, -0.2) is 54.3 Å². The first kappa shape index (κ1) is 24.6. The van der Waals surface area contributed by atoms with Crippen molar-refractivity contribution >= 4 is 5.91 Å². The molecule has 1 unspecified atom stereocenters. The molecule has 1 aromatic carbocycles. The number of amides is 1. The number of fused-ring (bicyclic) bond motifs is 1. The number of hydrogen-bond acceptors (Lipinski definition) is 7. The van der Waals surface area contributed by atoms with Gasteiger partial charge in [-0.15, -0.1) is 0 Å². The lowest BCUT2D eigenvalue weighted by molar-refractivity contribution is -0.136. The molecule has 2 aromatic rings. The summed E-state index contributed by atoms with van der Waals surface area (Å²) < 4.78 is 16.6. The average Bonchev–Trinajstić information content (AvgIpc) is 3.04. The summed E-state index contributed by atoms with van der Waals surface area (Å²) in [5.74, 6) is 1.67. The van der Waals surface area contributed by atoms with Crippen LogP contribution < -0.4 is 19.5 Å². The summed E-state index contributed by atoms with van der Waals surface area (Å²) >= 11 is 0. The van der Waals surface area contributed by atoms with Crippen molar-refractivity contribution in [1.29, 1.82) is 0 Å². The van der Waals surface area contributed by atoms with E-state index in [-0.39, 0.29) is 17.6 Å². The van der Waals surface area contributed by atoms with Gasteiger partial charge in [0.25, 0.3) is 0 Å². The Balaban J connectivity index is 1.66. The third-order valence-corrected chi connectivity index (χ3v) is 5.39. The molecule has 1 aromatic heterocycles. The molecule has 1 aliphatic heterocycles. The van der Waals surface area contributed by atoms with Gasteiger partial charge in [0.15, 0.2) is 11.5 Å². The topological polar surface area (TPSA) is 93.2 Å². The minimum atomic E-state index is -0.222. The number of aromatic nitrogens is 1. The van der Waals surface area contributed by atoms with E-state index in [0.29, 0.717) is 62.7 Å². The zero-order chi connectivity index (χ0) is 23.8. The highest BCUT2D eigenvalue weighted by molar-refractivity contribution is 5.78. The molecule has 180 valence electrons. The maximum Gasteiger partial charge on any atom is 0.226 e. The number of methoxy groups -OCH3 is 1. The van der Waals surface area contributed by atoms with E-state index < -0.39 is 0 Å². The fourth-order valence-electron chi connectivity index (χ4n) is 3.86. The molecule has 1 atom stereocenters. The van der Waals surface area contributed by atoms with Gasteiger partial charge in [-0.25, -0.2) is 4.98 Å². The lowest BCUT2D eigenvalue weighted by Gasteiger charge is -2.28. The third kappa shape index (κ3) is 6.74. The van der Waals surface area contributed by atoms with Gasteiger partial charge in [-0.1, -0.05) is 26.8 Å². The number of nitrogens with zero attached hydrogens (tertiary/aromatic N) is 2. The number of benzene rings is 1. The van der Waals surface area contributed by atoms with Crippen LogP contribution in [-0.2, 0) is 17.9 Å². The zero-order valence-electron chi connectivity index (χ0n) is 20.0. The molecule has 0 bridgehead atoms. The second-order valence-corrected chi connectivity index (χ2v) is 8.81. The lowest BCUT2D eigenvalue weighted by Crippen LogP contribution is -2.40. The Kier molecular flexibility index (Phi) is 8.77. The molecule has 0 aliphatic carbocycles. The highest BCUT2D eigenvalue weighted by Crippen LogP contribution is 2.39. The molecule has 0 saturated heterocycles. The predicted molar refractivity (Wildman–Crippen MR) is 126 cm³/mol. The first-order valence-electron chi connectivity index (χ1n) is 11.5. The Labute approximate surface area is 195 Å². The third-order valence-electron chi connectivity index (χ3n) is 5.39. The molecular formula is C25H35N3O5. The van der Waals surface area contributed by atoms with E-state index in [1.54, 1.807) is 19.4 Å². The molecule has 33 heavy (non-hydrogen) atoms. The standard InChI is InChI=1S/C25H35N3O5/c1-17(2)15-28(16-19-11-21(29)23-22(12-19)32-9-6-10-33-23)25(30)18(3)13-26-14-20-7-5-8-27-24(20)31-4/h5,7-8,11-12,17-18,26,29H,6,9-10,13-16H2,1-4H3. The van der Waals surface area contributed by atoms with Crippen LogP contribution in [0.25, 0.3) is 0 Å². The van der Waals surface area contributed by atoms with Crippen LogP contribution in [0.2, 0.25) is 0 Å². The molecule has 1 aliphatic rings. The molecule has 8 heteroatoms. The number of carbonyl (C=O) groups excluding carboxylic acids is 1. The first-order chi connectivity index (χ1) is 15.9. The zero-order valence-corrected chi connectivity index (χ0v) is 20.0. The van der Waals surface area contributed by atoms with E-state index in [0.717, 1.165) is 17.5 Å². The van der Waals surface area contributed by atoms with Crippen molar-refractivity contribution in [3.05, 3.63) is 41.6 Å². The number of phenolic OH excluding ortho intramolecular Hbond substituents is 1. The van der Waals surface area contributed by atoms with Crippen LogP contribution in [0.5, 0.6) is 23.1 Å².